The summed E-state index contributed by atoms with van der Waals surface area (Å²) in [5, 5.41) is 2.88. The lowest BCUT2D eigenvalue weighted by atomic mass is 10.1. The summed E-state index contributed by atoms with van der Waals surface area (Å²) in [5.41, 5.74) is 1.01. The molecule has 2 amide bonds. The average molecular weight is 582 g/mol. The topological polar surface area (TPSA) is 105 Å². The molecule has 0 aliphatic heterocycles. The Labute approximate surface area is 243 Å². The minimum atomic E-state index is -4.18. The third-order valence-electron chi connectivity index (χ3n) is 6.49. The minimum Gasteiger partial charge on any atom is -0.497 e. The lowest BCUT2D eigenvalue weighted by Gasteiger charge is -2.33. The fourth-order valence-corrected chi connectivity index (χ4v) is 5.83. The maximum absolute atomic E-state index is 14.2. The largest absolute Gasteiger partial charge is 0.497 e. The number of para-hydroxylation sites is 2. The van der Waals surface area contributed by atoms with Crippen molar-refractivity contribution in [3.05, 3.63) is 84.4 Å². The standard InChI is InChI=1S/C31H39N3O6S/c1-5-21-32-31(36)27(6-2)33(22-24-17-19-25(39-4)20-18-24)30(35)23-34(28-15-11-12-16-29(28)40-7-3)41(37,38)26-13-9-8-10-14-26/h8-20,27H,5-7,21-23H2,1-4H3,(H,32,36)/t27-/m0/s1. The molecule has 9 nitrogen and oxygen atoms in total. The molecule has 3 rings (SSSR count). The highest BCUT2D eigenvalue weighted by Gasteiger charge is 2.34. The maximum Gasteiger partial charge on any atom is 0.264 e. The molecule has 220 valence electrons. The van der Waals surface area contributed by atoms with Gasteiger partial charge in [-0.25, -0.2) is 8.42 Å². The number of carbonyl (C=O) groups excluding carboxylic acids is 2. The lowest BCUT2D eigenvalue weighted by Crippen LogP contribution is -2.52. The third-order valence-corrected chi connectivity index (χ3v) is 8.26. The van der Waals surface area contributed by atoms with E-state index in [2.05, 4.69) is 5.32 Å². The van der Waals surface area contributed by atoms with Gasteiger partial charge in [0.15, 0.2) is 0 Å². The number of nitrogens with zero attached hydrogens (tertiary/aromatic N) is 2. The number of rotatable bonds is 15. The van der Waals surface area contributed by atoms with Crippen LogP contribution in [-0.4, -0.2) is 58.0 Å². The molecule has 1 atom stereocenters. The Hall–Kier alpha value is -4.05. The molecule has 0 aromatic heterocycles. The molecule has 0 heterocycles. The van der Waals surface area contributed by atoms with Crippen LogP contribution in [0.4, 0.5) is 5.69 Å². The van der Waals surface area contributed by atoms with E-state index in [-0.39, 0.29) is 23.0 Å². The Balaban J connectivity index is 2.08. The number of anilines is 1. The zero-order valence-corrected chi connectivity index (χ0v) is 24.9. The molecule has 0 aliphatic rings. The molecule has 1 N–H and O–H groups in total. The van der Waals surface area contributed by atoms with Gasteiger partial charge in [-0.2, -0.15) is 0 Å². The predicted octanol–water partition coefficient (Wildman–Crippen LogP) is 4.62. The molecule has 3 aromatic rings. The Morgan fingerprint density at radius 3 is 2.17 bits per heavy atom. The predicted molar refractivity (Wildman–Crippen MR) is 160 cm³/mol. The van der Waals surface area contributed by atoms with E-state index in [1.165, 1.54) is 17.0 Å². The zero-order chi connectivity index (χ0) is 29.8. The number of nitrogens with one attached hydrogen (secondary N) is 1. The van der Waals surface area contributed by atoms with Crippen molar-refractivity contribution in [3.63, 3.8) is 0 Å². The van der Waals surface area contributed by atoms with E-state index in [4.69, 9.17) is 9.47 Å². The van der Waals surface area contributed by atoms with Crippen LogP contribution in [0.5, 0.6) is 11.5 Å². The molecular weight excluding hydrogens is 542 g/mol. The summed E-state index contributed by atoms with van der Waals surface area (Å²) >= 11 is 0. The molecule has 0 unspecified atom stereocenters. The molecule has 0 saturated carbocycles. The van der Waals surface area contributed by atoms with Gasteiger partial charge in [-0.1, -0.05) is 56.3 Å². The van der Waals surface area contributed by atoms with Crippen LogP contribution >= 0.6 is 0 Å². The van der Waals surface area contributed by atoms with Crippen molar-refractivity contribution in [1.29, 1.82) is 0 Å². The first-order valence-corrected chi connectivity index (χ1v) is 15.2. The van der Waals surface area contributed by atoms with Crippen molar-refractivity contribution in [2.75, 3.05) is 31.1 Å². The fourth-order valence-electron chi connectivity index (χ4n) is 4.39. The Kier molecular flexibility index (Phi) is 11.6. The molecule has 0 fully saturated rings. The zero-order valence-electron chi connectivity index (χ0n) is 24.1. The number of sulfonamides is 1. The van der Waals surface area contributed by atoms with Gasteiger partial charge in [-0.3, -0.25) is 13.9 Å². The molecule has 3 aromatic carbocycles. The van der Waals surface area contributed by atoms with Crippen molar-refractivity contribution < 1.29 is 27.5 Å². The van der Waals surface area contributed by atoms with E-state index in [9.17, 15) is 18.0 Å². The lowest BCUT2D eigenvalue weighted by molar-refractivity contribution is -0.140. The van der Waals surface area contributed by atoms with Gasteiger partial charge in [-0.15, -0.1) is 0 Å². The number of ether oxygens (including phenoxy) is 2. The van der Waals surface area contributed by atoms with Crippen molar-refractivity contribution >= 4 is 27.5 Å². The number of benzene rings is 3. The van der Waals surface area contributed by atoms with Crippen LogP contribution in [0.25, 0.3) is 0 Å². The van der Waals surface area contributed by atoms with Crippen molar-refractivity contribution in [1.82, 2.24) is 10.2 Å². The summed E-state index contributed by atoms with van der Waals surface area (Å²) in [4.78, 5) is 28.8. The van der Waals surface area contributed by atoms with Crippen LogP contribution < -0.4 is 19.1 Å². The highest BCUT2D eigenvalue weighted by Crippen LogP contribution is 2.33. The van der Waals surface area contributed by atoms with Gasteiger partial charge in [0.2, 0.25) is 11.8 Å². The summed E-state index contributed by atoms with van der Waals surface area (Å²) in [6.45, 7) is 5.92. The van der Waals surface area contributed by atoms with Gasteiger partial charge in [0.05, 0.1) is 24.3 Å². The second-order valence-corrected chi connectivity index (χ2v) is 11.2. The highest BCUT2D eigenvalue weighted by molar-refractivity contribution is 7.92. The molecule has 0 aliphatic carbocycles. The number of methoxy groups -OCH3 is 1. The summed E-state index contributed by atoms with van der Waals surface area (Å²) in [5.74, 6) is 0.178. The molecule has 0 spiro atoms. The van der Waals surface area contributed by atoms with E-state index in [1.54, 1.807) is 68.6 Å². The number of hydrogen-bond donors (Lipinski definition) is 1. The van der Waals surface area contributed by atoms with E-state index < -0.39 is 28.5 Å². The van der Waals surface area contributed by atoms with Crippen LogP contribution in [0.3, 0.4) is 0 Å². The van der Waals surface area contributed by atoms with Crippen molar-refractivity contribution in [3.8, 4) is 11.5 Å². The molecule has 41 heavy (non-hydrogen) atoms. The van der Waals surface area contributed by atoms with E-state index in [0.29, 0.717) is 31.1 Å². The second kappa shape index (κ2) is 15.1. The summed E-state index contributed by atoms with van der Waals surface area (Å²) in [7, 11) is -2.62. The van der Waals surface area contributed by atoms with Crippen LogP contribution in [0.15, 0.2) is 83.8 Å². The quantitative estimate of drug-likeness (QED) is 0.281. The second-order valence-electron chi connectivity index (χ2n) is 9.31. The fraction of sp³-hybridized carbons (Fsp3) is 0.355. The third kappa shape index (κ3) is 8.00. The number of hydrogen-bond acceptors (Lipinski definition) is 6. The van der Waals surface area contributed by atoms with Crippen molar-refractivity contribution in [2.24, 2.45) is 0 Å². The normalized spacial score (nSPS) is 11.8. The van der Waals surface area contributed by atoms with Crippen molar-refractivity contribution in [2.45, 2.75) is 51.1 Å². The van der Waals surface area contributed by atoms with E-state index in [0.717, 1.165) is 16.3 Å². The molecule has 0 saturated heterocycles. The van der Waals surface area contributed by atoms with Crippen LogP contribution in [0.1, 0.15) is 39.2 Å². The van der Waals surface area contributed by atoms with E-state index >= 15 is 0 Å². The maximum atomic E-state index is 14.2. The summed E-state index contributed by atoms with van der Waals surface area (Å²) in [6, 6.07) is 21.0. The Bertz CT molecular complexity index is 1380. The summed E-state index contributed by atoms with van der Waals surface area (Å²) < 4.78 is 40.1. The molecule has 10 heteroatoms. The first kappa shape index (κ1) is 31.5. The monoisotopic (exact) mass is 581 g/mol. The van der Waals surface area contributed by atoms with Crippen LogP contribution in [-0.2, 0) is 26.2 Å². The van der Waals surface area contributed by atoms with E-state index in [1.807, 2.05) is 26.0 Å². The SMILES string of the molecule is CCCNC(=O)[C@H](CC)N(Cc1ccc(OC)cc1)C(=O)CN(c1ccccc1OCC)S(=O)(=O)c1ccccc1. The first-order chi connectivity index (χ1) is 19.8. The van der Waals surface area contributed by atoms with Gasteiger partial charge in [0.1, 0.15) is 24.1 Å². The van der Waals surface area contributed by atoms with Crippen LogP contribution in [0, 0.1) is 0 Å². The molecule has 0 radical (unpaired) electrons. The smallest absolute Gasteiger partial charge is 0.264 e. The Morgan fingerprint density at radius 1 is 0.902 bits per heavy atom. The van der Waals surface area contributed by atoms with Gasteiger partial charge >= 0.3 is 0 Å². The van der Waals surface area contributed by atoms with Gasteiger partial charge in [0, 0.05) is 13.1 Å². The first-order valence-electron chi connectivity index (χ1n) is 13.8. The summed E-state index contributed by atoms with van der Waals surface area (Å²) in [6.07, 6.45) is 1.09. The highest BCUT2D eigenvalue weighted by atomic mass is 32.2. The van der Waals surface area contributed by atoms with Gasteiger partial charge in [0.25, 0.3) is 10.0 Å². The average Bonchev–Trinajstić information content (AvgIpc) is 2.99. The Morgan fingerprint density at radius 2 is 1.56 bits per heavy atom. The minimum absolute atomic E-state index is 0.0357. The van der Waals surface area contributed by atoms with Gasteiger partial charge < -0.3 is 19.7 Å². The molecular formula is C31H39N3O6S. The number of carbonyl (C=O) groups is 2. The number of amides is 2. The van der Waals surface area contributed by atoms with Crippen LogP contribution in [0.2, 0.25) is 0 Å². The molecule has 0 bridgehead atoms. The van der Waals surface area contributed by atoms with Gasteiger partial charge in [-0.05, 0) is 61.7 Å².